The van der Waals surface area contributed by atoms with Gasteiger partial charge in [-0.25, -0.2) is 9.78 Å². The first-order valence-electron chi connectivity index (χ1n) is 34.7. The van der Waals surface area contributed by atoms with E-state index in [4.69, 9.17) is 40.1 Å². The lowest BCUT2D eigenvalue weighted by molar-refractivity contribution is -0.142. The summed E-state index contributed by atoms with van der Waals surface area (Å²) in [7, 11) is 0. The first-order valence-corrected chi connectivity index (χ1v) is 35.3. The number of carboxylic acid groups (broad SMARTS) is 1. The molecule has 0 saturated heterocycles. The molecule has 0 aliphatic rings. The Hall–Kier alpha value is -9.65. The highest BCUT2D eigenvalue weighted by atomic mass is 32.1. The Labute approximate surface area is 612 Å². The van der Waals surface area contributed by atoms with Crippen molar-refractivity contribution in [3.8, 4) is 5.75 Å². The van der Waals surface area contributed by atoms with Crippen LogP contribution in [0.15, 0.2) is 36.8 Å². The molecule has 0 fully saturated rings. The van der Waals surface area contributed by atoms with Crippen LogP contribution < -0.4 is 109 Å². The number of benzene rings is 1. The molecular formula is C64H108N22O18S. The van der Waals surface area contributed by atoms with Crippen molar-refractivity contribution in [1.82, 2.24) is 79.1 Å². The lowest BCUT2D eigenvalue weighted by atomic mass is 10.0. The number of carbonyl (C=O) groups is 15. The van der Waals surface area contributed by atoms with Crippen LogP contribution >= 0.6 is 12.6 Å². The number of carbonyl (C=O) groups excluding carboxylic acids is 14. The molecule has 31 N–H and O–H groups in total. The minimum Gasteiger partial charge on any atom is -0.508 e. The fourth-order valence-corrected chi connectivity index (χ4v) is 10.4. The van der Waals surface area contributed by atoms with Gasteiger partial charge in [0.1, 0.15) is 66.2 Å². The quantitative estimate of drug-likeness (QED) is 0.0216. The summed E-state index contributed by atoms with van der Waals surface area (Å²) in [5, 5.41) is 61.3. The topological polar surface area (TPSA) is 684 Å². The minimum atomic E-state index is -1.60. The number of aliphatic hydroxyl groups is 1. The van der Waals surface area contributed by atoms with E-state index in [1.807, 2.05) is 0 Å². The summed E-state index contributed by atoms with van der Waals surface area (Å²) in [6.07, 6.45) is 4.82. The van der Waals surface area contributed by atoms with Crippen LogP contribution in [0, 0.1) is 0 Å². The molecule has 0 aliphatic carbocycles. The molecule has 2 aromatic rings. The van der Waals surface area contributed by atoms with Gasteiger partial charge in [0.2, 0.25) is 82.7 Å². The van der Waals surface area contributed by atoms with E-state index in [2.05, 4.69) is 91.7 Å². The van der Waals surface area contributed by atoms with E-state index < -0.39 is 200 Å². The molecule has 1 aromatic heterocycles. The van der Waals surface area contributed by atoms with Gasteiger partial charge in [-0.15, -0.1) is 0 Å². The van der Waals surface area contributed by atoms with Gasteiger partial charge in [0.15, 0.2) is 0 Å². The number of carboxylic acids is 1. The molecular weight excluding hydrogens is 1400 g/mol. The molecule has 0 bridgehead atoms. The number of phenolic OH excluding ortho intramolecular Hbond substituents is 1. The summed E-state index contributed by atoms with van der Waals surface area (Å²) in [5.74, 6) is -14.3. The molecule has 0 spiro atoms. The van der Waals surface area contributed by atoms with Crippen LogP contribution in [0.2, 0.25) is 0 Å². The Balaban J connectivity index is 2.31. The normalized spacial score (nSPS) is 13.8. The number of nitrogens with zero attached hydrogens (tertiary/aromatic N) is 1. The summed E-state index contributed by atoms with van der Waals surface area (Å²) in [6.45, 7) is -2.32. The molecule has 1 heterocycles. The van der Waals surface area contributed by atoms with Crippen LogP contribution in [0.25, 0.3) is 0 Å². The summed E-state index contributed by atoms with van der Waals surface area (Å²) in [6, 6.07) is -8.68. The van der Waals surface area contributed by atoms with Crippen LogP contribution in [0.3, 0.4) is 0 Å². The van der Waals surface area contributed by atoms with Crippen molar-refractivity contribution in [2.45, 2.75) is 182 Å². The fraction of sp³-hybridized carbons (Fsp3) is 0.625. The lowest BCUT2D eigenvalue weighted by Gasteiger charge is -2.27. The number of nitrogens with one attached hydrogen (secondary N) is 14. The summed E-state index contributed by atoms with van der Waals surface area (Å²) in [4.78, 5) is 207. The van der Waals surface area contributed by atoms with Gasteiger partial charge in [0.05, 0.1) is 39.1 Å². The van der Waals surface area contributed by atoms with Crippen molar-refractivity contribution in [1.29, 1.82) is 0 Å². The van der Waals surface area contributed by atoms with Gasteiger partial charge in [0.25, 0.3) is 0 Å². The highest BCUT2D eigenvalue weighted by Crippen LogP contribution is 2.14. The number of aliphatic carboxylic acids is 1. The predicted octanol–water partition coefficient (Wildman–Crippen LogP) is -9.03. The highest BCUT2D eigenvalue weighted by Gasteiger charge is 2.36. The molecule has 1 aromatic carbocycles. The fourth-order valence-electron chi connectivity index (χ4n) is 10.1. The second kappa shape index (κ2) is 52.3. The Kier molecular flexibility index (Phi) is 45.6. The van der Waals surface area contributed by atoms with E-state index in [0.717, 1.165) is 0 Å². The number of hydrogen-bond donors (Lipinski definition) is 25. The number of unbranched alkanes of at least 4 members (excludes halogenated alkanes) is 5. The number of aromatic amines is 1. The largest absolute Gasteiger partial charge is 0.508 e. The van der Waals surface area contributed by atoms with E-state index in [1.54, 1.807) is 0 Å². The van der Waals surface area contributed by atoms with E-state index >= 15 is 0 Å². The number of primary amides is 1. The molecule has 0 radical (unpaired) electrons. The van der Waals surface area contributed by atoms with Crippen molar-refractivity contribution >= 4 is 101 Å². The Morgan fingerprint density at radius 1 is 0.410 bits per heavy atom. The minimum absolute atomic E-state index is 0.0210. The number of hydrogen-bond acceptors (Lipinski definition) is 25. The maximum Gasteiger partial charge on any atom is 0.326 e. The van der Waals surface area contributed by atoms with Crippen LogP contribution in [-0.2, 0) is 84.8 Å². The second-order valence-electron chi connectivity index (χ2n) is 24.5. The van der Waals surface area contributed by atoms with Crippen LogP contribution in [0.5, 0.6) is 5.75 Å². The van der Waals surface area contributed by atoms with Gasteiger partial charge in [-0.05, 0) is 153 Å². The third kappa shape index (κ3) is 37.6. The van der Waals surface area contributed by atoms with E-state index in [-0.39, 0.29) is 103 Å². The van der Waals surface area contributed by atoms with Crippen molar-refractivity contribution in [3.63, 3.8) is 0 Å². The van der Waals surface area contributed by atoms with Gasteiger partial charge >= 0.3 is 5.97 Å². The van der Waals surface area contributed by atoms with Crippen molar-refractivity contribution in [3.05, 3.63) is 48.0 Å². The molecule has 105 heavy (non-hydrogen) atoms. The molecule has 588 valence electrons. The Bertz CT molecular complexity index is 3100. The van der Waals surface area contributed by atoms with Gasteiger partial charge < -0.3 is 130 Å². The van der Waals surface area contributed by atoms with Gasteiger partial charge in [-0.1, -0.05) is 12.1 Å². The Morgan fingerprint density at radius 2 is 0.762 bits per heavy atom. The number of aromatic nitrogens is 2. The third-order valence-electron chi connectivity index (χ3n) is 16.0. The van der Waals surface area contributed by atoms with E-state index in [9.17, 15) is 87.2 Å². The van der Waals surface area contributed by atoms with Gasteiger partial charge in [-0.3, -0.25) is 67.1 Å². The molecule has 14 amide bonds. The predicted molar refractivity (Wildman–Crippen MR) is 383 cm³/mol. The van der Waals surface area contributed by atoms with E-state index in [1.165, 1.54) is 36.8 Å². The number of phenols is 1. The number of aromatic hydroxyl groups is 1. The second-order valence-corrected chi connectivity index (χ2v) is 24.9. The zero-order valence-corrected chi connectivity index (χ0v) is 59.7. The number of thiol groups is 1. The summed E-state index contributed by atoms with van der Waals surface area (Å²) >= 11 is 4.28. The van der Waals surface area contributed by atoms with Crippen LogP contribution in [-0.4, -0.2) is 246 Å². The average molecular weight is 1510 g/mol. The molecule has 2 rings (SSSR count). The molecule has 0 unspecified atom stereocenters. The smallest absolute Gasteiger partial charge is 0.326 e. The lowest BCUT2D eigenvalue weighted by Crippen LogP contribution is -2.60. The number of H-pyrrole nitrogens is 1. The molecule has 0 saturated carbocycles. The molecule has 41 heteroatoms. The van der Waals surface area contributed by atoms with Crippen LogP contribution in [0.1, 0.15) is 120 Å². The van der Waals surface area contributed by atoms with Gasteiger partial charge in [0, 0.05) is 36.9 Å². The molecule has 10 atom stereocenters. The first kappa shape index (κ1) is 91.4. The van der Waals surface area contributed by atoms with Crippen molar-refractivity contribution in [2.75, 3.05) is 71.3 Å². The molecule has 0 aliphatic heterocycles. The number of rotatable bonds is 56. The number of amides is 14. The third-order valence-corrected chi connectivity index (χ3v) is 16.3. The highest BCUT2D eigenvalue weighted by molar-refractivity contribution is 7.80. The maximum atomic E-state index is 14.5. The van der Waals surface area contributed by atoms with Crippen molar-refractivity contribution < 1.29 is 87.2 Å². The SMILES string of the molecule is NCCCC[C@H](NC(=O)CNC(=O)[C@H](CO)NC(=O)CN)C(=O)N[C@@H](CCCCN)C(=O)NCC(=O)NCC(=O)N[C@@H](CCCCN)C(=O)N[C@@H](CCCCN)C(=O)N[C@@H](Cc1cnc[nH]1)C(=O)N[C@@H](CS)C(=O)N[C@@H](CCC(N)=O)C(=O)N[C@@H](CCCCN)C(=O)N[C@@H](Cc1ccc(O)cc1)C(=O)O. The summed E-state index contributed by atoms with van der Waals surface area (Å²) < 4.78 is 0. The van der Waals surface area contributed by atoms with Gasteiger partial charge in [-0.2, -0.15) is 12.6 Å². The van der Waals surface area contributed by atoms with Crippen molar-refractivity contribution in [2.24, 2.45) is 40.1 Å². The van der Waals surface area contributed by atoms with Crippen LogP contribution in [0.4, 0.5) is 0 Å². The summed E-state index contributed by atoms with van der Waals surface area (Å²) in [5.41, 5.74) is 40.1. The zero-order chi connectivity index (χ0) is 78.2. The average Bonchev–Trinajstić information content (AvgIpc) is 1.48. The zero-order valence-electron chi connectivity index (χ0n) is 58.9. The first-order chi connectivity index (χ1) is 50.2. The maximum absolute atomic E-state index is 14.5. The number of imidazole rings is 1. The number of aliphatic hydroxyl groups excluding tert-OH is 1. The monoisotopic (exact) mass is 1500 g/mol. The molecule has 40 nitrogen and oxygen atoms in total. The Morgan fingerprint density at radius 3 is 1.15 bits per heavy atom. The number of nitrogens with two attached hydrogens (primary N) is 7. The van der Waals surface area contributed by atoms with E-state index in [0.29, 0.717) is 56.2 Å². The standard InChI is InChI=1S/C64H108N22O18S/c65-22-6-1-11-40(80-57(96)41(12-2-7-23-66)78-54(93)33-75-56(95)48(34-87)79-51(90)29-70)55(94)74-31-52(91)73-32-53(92)77-42(13-3-8-24-67)58(97)81-43(14-4-9-25-68)59(98)84-46(28-38-30-72-36-76-38)62(101)86-49(35-105)63(102)83-45(20-21-50(71)89)61(100)82-44(15-5-10-26-69)60(99)85-47(64(103)104)27-37-16-18-39(88)19-17-37/h16-19,30,36,40-49,87-88,105H,1-15,20-29,31-35,65-70H2,(H2,71,89)(H,72,76)(H,73,91)(H,74,94)(H,75,95)(H,77,92)(H,78,93)(H,79,90)(H,80,96)(H,81,97)(H,82,100)(H,83,102)(H,84,98)(H,85,99)(H,86,101)(H,103,104)/t40-,41-,42-,43-,44-,45-,46-,47-,48-,49-/m0/s1.